The highest BCUT2D eigenvalue weighted by molar-refractivity contribution is 5.69. The van der Waals surface area contributed by atoms with Crippen molar-refractivity contribution in [1.29, 1.82) is 0 Å². The molecule has 1 unspecified atom stereocenters. The smallest absolute Gasteiger partial charge is 0.278 e. The lowest BCUT2D eigenvalue weighted by atomic mass is 10.0. The second-order valence-corrected chi connectivity index (χ2v) is 4.61. The quantitative estimate of drug-likeness (QED) is 0.447. The van der Waals surface area contributed by atoms with Gasteiger partial charge in [0, 0.05) is 5.92 Å². The number of H-pyrrole nitrogens is 2. The number of aliphatic hydroxyl groups is 2. The van der Waals surface area contributed by atoms with Crippen LogP contribution < -0.4 is 11.3 Å². The molecule has 2 aromatic heterocycles. The van der Waals surface area contributed by atoms with E-state index < -0.39 is 0 Å². The minimum absolute atomic E-state index is 0.0417. The van der Waals surface area contributed by atoms with Gasteiger partial charge < -0.3 is 20.9 Å². The third-order valence-electron chi connectivity index (χ3n) is 3.26. The monoisotopic (exact) mass is 279 g/mol. The van der Waals surface area contributed by atoms with Gasteiger partial charge in [0.1, 0.15) is 0 Å². The maximum absolute atomic E-state index is 11.0. The number of nitrogen functional groups attached to an aromatic ring is 1. The van der Waals surface area contributed by atoms with Gasteiger partial charge in [-0.2, -0.15) is 4.98 Å². The topological polar surface area (TPSA) is 141 Å². The van der Waals surface area contributed by atoms with Crippen molar-refractivity contribution in [2.24, 2.45) is 5.92 Å². The van der Waals surface area contributed by atoms with E-state index in [1.54, 1.807) is 0 Å². The molecule has 108 valence electrons. The molecule has 3 rings (SSSR count). The minimum atomic E-state index is -0.345. The van der Waals surface area contributed by atoms with Crippen LogP contribution in [0.25, 0.3) is 11.2 Å². The summed E-state index contributed by atoms with van der Waals surface area (Å²) in [6.07, 6.45) is 2.69. The Morgan fingerprint density at radius 2 is 2.30 bits per heavy atom. The van der Waals surface area contributed by atoms with Gasteiger partial charge in [0.25, 0.3) is 5.56 Å². The second-order valence-electron chi connectivity index (χ2n) is 4.61. The number of aromatic nitrogens is 4. The first-order chi connectivity index (χ1) is 9.52. The summed E-state index contributed by atoms with van der Waals surface area (Å²) in [6.45, 7) is 3.78. The number of fused-ring (bicyclic) bond motifs is 1. The molecule has 8 nitrogen and oxygen atoms in total. The molecule has 2 aromatic rings. The fourth-order valence-electron chi connectivity index (χ4n) is 2.10. The molecule has 0 aromatic carbocycles. The molecule has 2 atom stereocenters. The number of anilines is 1. The number of rotatable bonds is 1. The van der Waals surface area contributed by atoms with Crippen molar-refractivity contribution in [2.45, 2.75) is 18.9 Å². The lowest BCUT2D eigenvalue weighted by Crippen LogP contribution is -2.17. The Labute approximate surface area is 114 Å². The predicted molar refractivity (Wildman–Crippen MR) is 73.9 cm³/mol. The lowest BCUT2D eigenvalue weighted by molar-refractivity contribution is 0.103. The number of aromatic amines is 2. The van der Waals surface area contributed by atoms with E-state index in [0.717, 1.165) is 18.4 Å². The van der Waals surface area contributed by atoms with Gasteiger partial charge in [-0.1, -0.05) is 12.2 Å². The fraction of sp³-hybridized carbons (Fsp3) is 0.417. The van der Waals surface area contributed by atoms with Crippen molar-refractivity contribution in [2.75, 3.05) is 12.3 Å². The number of imidazole rings is 1. The first-order valence-electron chi connectivity index (χ1n) is 6.18. The van der Waals surface area contributed by atoms with Crippen molar-refractivity contribution in [3.63, 3.8) is 0 Å². The number of nitrogens with two attached hydrogens (primary N) is 1. The normalized spacial score (nSPS) is 21.8. The Balaban J connectivity index is 0.000000151. The van der Waals surface area contributed by atoms with Crippen LogP contribution in [0.3, 0.4) is 0 Å². The third-order valence-corrected chi connectivity index (χ3v) is 3.26. The zero-order valence-corrected chi connectivity index (χ0v) is 10.8. The van der Waals surface area contributed by atoms with Crippen LogP contribution in [0.2, 0.25) is 0 Å². The second kappa shape index (κ2) is 5.85. The number of nitrogens with zero attached hydrogens (tertiary/aromatic N) is 2. The van der Waals surface area contributed by atoms with E-state index in [1.165, 1.54) is 6.33 Å². The van der Waals surface area contributed by atoms with Crippen LogP contribution in [0.5, 0.6) is 0 Å². The first kappa shape index (κ1) is 14.2. The SMILES string of the molecule is C=C1CCC(O)[C@H]1CO.Nc1nc2nc[nH]c2c(=O)[nH]1. The number of nitrogens with one attached hydrogen (secondary N) is 2. The maximum atomic E-state index is 11.0. The van der Waals surface area contributed by atoms with E-state index in [4.69, 9.17) is 15.9 Å². The molecule has 20 heavy (non-hydrogen) atoms. The highest BCUT2D eigenvalue weighted by Gasteiger charge is 2.27. The molecule has 1 aliphatic carbocycles. The summed E-state index contributed by atoms with van der Waals surface area (Å²) in [5.41, 5.74) is 6.64. The number of hydrogen-bond donors (Lipinski definition) is 5. The van der Waals surface area contributed by atoms with E-state index in [1.807, 2.05) is 0 Å². The summed E-state index contributed by atoms with van der Waals surface area (Å²) in [5.74, 6) is 0.0274. The third kappa shape index (κ3) is 2.86. The van der Waals surface area contributed by atoms with Gasteiger partial charge in [0.05, 0.1) is 19.0 Å². The summed E-state index contributed by atoms with van der Waals surface area (Å²) in [6, 6.07) is 0. The van der Waals surface area contributed by atoms with E-state index in [-0.39, 0.29) is 30.1 Å². The molecular weight excluding hydrogens is 262 g/mol. The number of hydrogen-bond acceptors (Lipinski definition) is 6. The van der Waals surface area contributed by atoms with Crippen LogP contribution in [-0.4, -0.2) is 42.9 Å². The van der Waals surface area contributed by atoms with Crippen molar-refractivity contribution in [3.8, 4) is 0 Å². The summed E-state index contributed by atoms with van der Waals surface area (Å²) in [7, 11) is 0. The molecular formula is C12H17N5O3. The zero-order valence-electron chi connectivity index (χ0n) is 10.8. The van der Waals surface area contributed by atoms with Crippen molar-refractivity contribution in [1.82, 2.24) is 19.9 Å². The van der Waals surface area contributed by atoms with Gasteiger partial charge in [-0.3, -0.25) is 9.78 Å². The molecule has 1 aliphatic rings. The Hall–Kier alpha value is -2.19. The van der Waals surface area contributed by atoms with Crippen molar-refractivity contribution in [3.05, 3.63) is 28.8 Å². The number of aliphatic hydroxyl groups excluding tert-OH is 2. The summed E-state index contributed by atoms with van der Waals surface area (Å²) in [5, 5.41) is 17.8. The molecule has 0 bridgehead atoms. The Kier molecular flexibility index (Phi) is 4.16. The van der Waals surface area contributed by atoms with Gasteiger partial charge in [-0.05, 0) is 12.8 Å². The molecule has 6 N–H and O–H groups in total. The molecule has 0 saturated heterocycles. The van der Waals surface area contributed by atoms with Crippen molar-refractivity contribution < 1.29 is 10.2 Å². The van der Waals surface area contributed by atoms with Crippen LogP contribution in [0.15, 0.2) is 23.3 Å². The molecule has 1 fully saturated rings. The summed E-state index contributed by atoms with van der Waals surface area (Å²) < 4.78 is 0. The van der Waals surface area contributed by atoms with Gasteiger partial charge >= 0.3 is 0 Å². The molecule has 0 radical (unpaired) electrons. The largest absolute Gasteiger partial charge is 0.396 e. The molecule has 0 amide bonds. The first-order valence-corrected chi connectivity index (χ1v) is 6.18. The van der Waals surface area contributed by atoms with Crippen molar-refractivity contribution >= 4 is 17.1 Å². The van der Waals surface area contributed by atoms with E-state index in [9.17, 15) is 4.79 Å². The van der Waals surface area contributed by atoms with Gasteiger partial charge in [0.2, 0.25) is 5.95 Å². The molecule has 0 spiro atoms. The Bertz CT molecular complexity index is 662. The van der Waals surface area contributed by atoms with Crippen LogP contribution in [0.1, 0.15) is 12.8 Å². The van der Waals surface area contributed by atoms with E-state index >= 15 is 0 Å². The highest BCUT2D eigenvalue weighted by atomic mass is 16.3. The Morgan fingerprint density at radius 1 is 1.55 bits per heavy atom. The summed E-state index contributed by atoms with van der Waals surface area (Å²) >= 11 is 0. The van der Waals surface area contributed by atoms with Crippen LogP contribution in [0, 0.1) is 5.92 Å². The van der Waals surface area contributed by atoms with Gasteiger partial charge in [-0.15, -0.1) is 0 Å². The summed E-state index contributed by atoms with van der Waals surface area (Å²) in [4.78, 5) is 23.5. The lowest BCUT2D eigenvalue weighted by Gasteiger charge is -2.10. The predicted octanol–water partition coefficient (Wildman–Crippen LogP) is -0.466. The molecule has 0 aliphatic heterocycles. The highest BCUT2D eigenvalue weighted by Crippen LogP contribution is 2.29. The average Bonchev–Trinajstić information content (AvgIpc) is 2.97. The molecule has 1 saturated carbocycles. The molecule has 2 heterocycles. The standard InChI is InChI=1S/C7H12O2.C5H5N5O/c1-5-2-3-7(9)6(5)4-8;6-5-9-3-2(4(11)10-5)7-1-8-3/h6-9H,1-4H2;1H,(H4,6,7,8,9,10,11)/t6-,7?;/m0./s1. The molecule has 8 heteroatoms. The van der Waals surface area contributed by atoms with Gasteiger partial charge in [-0.25, -0.2) is 4.98 Å². The maximum Gasteiger partial charge on any atom is 0.278 e. The zero-order chi connectivity index (χ0) is 14.7. The van der Waals surface area contributed by atoms with E-state index in [0.29, 0.717) is 11.2 Å². The van der Waals surface area contributed by atoms with Crippen LogP contribution in [0.4, 0.5) is 5.95 Å². The van der Waals surface area contributed by atoms with Crippen LogP contribution in [-0.2, 0) is 0 Å². The average molecular weight is 279 g/mol. The van der Waals surface area contributed by atoms with Crippen LogP contribution >= 0.6 is 0 Å². The van der Waals surface area contributed by atoms with E-state index in [2.05, 4.69) is 26.5 Å². The minimum Gasteiger partial charge on any atom is -0.396 e. The fourth-order valence-corrected chi connectivity index (χ4v) is 2.10. The van der Waals surface area contributed by atoms with Gasteiger partial charge in [0.15, 0.2) is 11.2 Å². The Morgan fingerprint density at radius 3 is 2.85 bits per heavy atom.